The van der Waals surface area contributed by atoms with Gasteiger partial charge in [-0.3, -0.25) is 24.3 Å². The molecule has 0 aliphatic carbocycles. The molecule has 0 saturated carbocycles. The molecule has 0 bridgehead atoms. The number of hydrogen-bond acceptors (Lipinski definition) is 5. The summed E-state index contributed by atoms with van der Waals surface area (Å²) in [6, 6.07) is 8.66. The molecule has 2 fully saturated rings. The zero-order valence-corrected chi connectivity index (χ0v) is 19.5. The van der Waals surface area contributed by atoms with Gasteiger partial charge in [0.1, 0.15) is 0 Å². The van der Waals surface area contributed by atoms with Gasteiger partial charge in [0.2, 0.25) is 11.8 Å². The summed E-state index contributed by atoms with van der Waals surface area (Å²) in [7, 11) is 0. The highest BCUT2D eigenvalue weighted by Crippen LogP contribution is 2.11. The van der Waals surface area contributed by atoms with E-state index in [0.29, 0.717) is 19.0 Å². The number of amides is 2. The van der Waals surface area contributed by atoms with Gasteiger partial charge in [0.05, 0.1) is 13.1 Å². The molecule has 0 unspecified atom stereocenters. The lowest BCUT2D eigenvalue weighted by Gasteiger charge is -2.38. The largest absolute Gasteiger partial charge is 0.355 e. The van der Waals surface area contributed by atoms with Gasteiger partial charge in [-0.1, -0.05) is 43.7 Å². The minimum atomic E-state index is 0.0989. The van der Waals surface area contributed by atoms with Gasteiger partial charge in [-0.25, -0.2) is 0 Å². The van der Waals surface area contributed by atoms with Crippen molar-refractivity contribution in [3.63, 3.8) is 0 Å². The van der Waals surface area contributed by atoms with E-state index in [1.54, 1.807) is 0 Å². The van der Waals surface area contributed by atoms with Crippen molar-refractivity contribution in [3.8, 4) is 0 Å². The van der Waals surface area contributed by atoms with Crippen LogP contribution >= 0.6 is 0 Å². The van der Waals surface area contributed by atoms with Gasteiger partial charge >= 0.3 is 0 Å². The van der Waals surface area contributed by atoms with Crippen LogP contribution in [0.1, 0.15) is 25.0 Å². The number of nitrogens with zero attached hydrogens (tertiary/aromatic N) is 4. The second-order valence-corrected chi connectivity index (χ2v) is 9.40. The van der Waals surface area contributed by atoms with Crippen LogP contribution in [0.25, 0.3) is 0 Å². The van der Waals surface area contributed by atoms with E-state index < -0.39 is 0 Å². The molecule has 2 heterocycles. The Morgan fingerprint density at radius 3 is 2.13 bits per heavy atom. The first kappa shape index (κ1) is 23.7. The van der Waals surface area contributed by atoms with E-state index in [0.717, 1.165) is 65.4 Å². The summed E-state index contributed by atoms with van der Waals surface area (Å²) in [4.78, 5) is 33.6. The Balaban J connectivity index is 1.33. The molecule has 1 aromatic carbocycles. The fourth-order valence-electron chi connectivity index (χ4n) is 4.20. The minimum Gasteiger partial charge on any atom is -0.355 e. The van der Waals surface area contributed by atoms with E-state index in [-0.39, 0.29) is 11.8 Å². The summed E-state index contributed by atoms with van der Waals surface area (Å²) < 4.78 is 0. The predicted octanol–water partition coefficient (Wildman–Crippen LogP) is 1.03. The molecule has 0 radical (unpaired) electrons. The normalized spacial score (nSPS) is 19.0. The summed E-state index contributed by atoms with van der Waals surface area (Å²) in [6.07, 6.45) is 0. The molecule has 172 valence electrons. The minimum absolute atomic E-state index is 0.0989. The van der Waals surface area contributed by atoms with E-state index in [2.05, 4.69) is 65.1 Å². The maximum absolute atomic E-state index is 12.8. The molecule has 0 aromatic heterocycles. The SMILES string of the molecule is Cc1cccc(CN2CCN(C(=O)CN3CCN(CC(=O)NCC(C)C)CC3)CC2)c1. The maximum Gasteiger partial charge on any atom is 0.236 e. The van der Waals surface area contributed by atoms with Crippen molar-refractivity contribution >= 4 is 11.8 Å². The average Bonchev–Trinajstić information content (AvgIpc) is 2.74. The van der Waals surface area contributed by atoms with Gasteiger partial charge < -0.3 is 10.2 Å². The standard InChI is InChI=1S/C24H39N5O2/c1-20(2)16-25-23(30)18-27-7-9-28(10-8-27)19-24(31)29-13-11-26(12-14-29)17-22-6-4-5-21(3)15-22/h4-6,15,20H,7-14,16-19H2,1-3H3,(H,25,30). The van der Waals surface area contributed by atoms with Crippen LogP contribution < -0.4 is 5.32 Å². The molecule has 2 saturated heterocycles. The van der Waals surface area contributed by atoms with Crippen molar-refractivity contribution in [2.45, 2.75) is 27.3 Å². The first-order valence-corrected chi connectivity index (χ1v) is 11.7. The highest BCUT2D eigenvalue weighted by molar-refractivity contribution is 5.78. The first-order valence-electron chi connectivity index (χ1n) is 11.7. The molecule has 7 heteroatoms. The molecule has 31 heavy (non-hydrogen) atoms. The molecule has 2 aliphatic heterocycles. The second-order valence-electron chi connectivity index (χ2n) is 9.40. The lowest BCUT2D eigenvalue weighted by molar-refractivity contribution is -0.135. The second kappa shape index (κ2) is 11.6. The van der Waals surface area contributed by atoms with E-state index >= 15 is 0 Å². The van der Waals surface area contributed by atoms with Crippen LogP contribution in [-0.4, -0.2) is 103 Å². The monoisotopic (exact) mass is 429 g/mol. The molecular weight excluding hydrogens is 390 g/mol. The molecule has 7 nitrogen and oxygen atoms in total. The fourth-order valence-corrected chi connectivity index (χ4v) is 4.20. The highest BCUT2D eigenvalue weighted by Gasteiger charge is 2.25. The van der Waals surface area contributed by atoms with E-state index in [4.69, 9.17) is 0 Å². The third-order valence-electron chi connectivity index (χ3n) is 6.11. The van der Waals surface area contributed by atoms with Gasteiger partial charge in [0.25, 0.3) is 0 Å². The molecule has 1 N–H and O–H groups in total. The number of hydrogen-bond donors (Lipinski definition) is 1. The number of carbonyl (C=O) groups is 2. The van der Waals surface area contributed by atoms with Crippen molar-refractivity contribution in [3.05, 3.63) is 35.4 Å². The molecule has 3 rings (SSSR count). The molecular formula is C24H39N5O2. The fraction of sp³-hybridized carbons (Fsp3) is 0.667. The number of rotatable bonds is 8. The summed E-state index contributed by atoms with van der Waals surface area (Å²) in [6.45, 7) is 15.8. The van der Waals surface area contributed by atoms with Crippen LogP contribution in [0.2, 0.25) is 0 Å². The summed E-state index contributed by atoms with van der Waals surface area (Å²) >= 11 is 0. The Bertz CT molecular complexity index is 722. The highest BCUT2D eigenvalue weighted by atomic mass is 16.2. The summed E-state index contributed by atoms with van der Waals surface area (Å²) in [5.74, 6) is 0.802. The van der Waals surface area contributed by atoms with Gasteiger partial charge in [0.15, 0.2) is 0 Å². The van der Waals surface area contributed by atoms with Crippen molar-refractivity contribution < 1.29 is 9.59 Å². The summed E-state index contributed by atoms with van der Waals surface area (Å²) in [5, 5.41) is 2.98. The van der Waals surface area contributed by atoms with Crippen LogP contribution in [0.4, 0.5) is 0 Å². The third kappa shape index (κ3) is 7.91. The van der Waals surface area contributed by atoms with Crippen LogP contribution in [0.3, 0.4) is 0 Å². The Morgan fingerprint density at radius 1 is 0.903 bits per heavy atom. The number of nitrogens with one attached hydrogen (secondary N) is 1. The third-order valence-corrected chi connectivity index (χ3v) is 6.11. The lowest BCUT2D eigenvalue weighted by Crippen LogP contribution is -2.54. The molecule has 1 aromatic rings. The van der Waals surface area contributed by atoms with Crippen LogP contribution in [0, 0.1) is 12.8 Å². The van der Waals surface area contributed by atoms with Crippen LogP contribution in [0.15, 0.2) is 24.3 Å². The lowest BCUT2D eigenvalue weighted by atomic mass is 10.1. The van der Waals surface area contributed by atoms with Gasteiger partial charge in [-0.2, -0.15) is 0 Å². The van der Waals surface area contributed by atoms with Gasteiger partial charge in [0, 0.05) is 65.4 Å². The molecule has 0 spiro atoms. The Kier molecular flexibility index (Phi) is 8.87. The topological polar surface area (TPSA) is 59.1 Å². The zero-order valence-electron chi connectivity index (χ0n) is 19.5. The maximum atomic E-state index is 12.8. The average molecular weight is 430 g/mol. The van der Waals surface area contributed by atoms with Crippen LogP contribution in [-0.2, 0) is 16.1 Å². The molecule has 0 atom stereocenters. The van der Waals surface area contributed by atoms with Crippen molar-refractivity contribution in [2.75, 3.05) is 72.0 Å². The Morgan fingerprint density at radius 2 is 1.52 bits per heavy atom. The van der Waals surface area contributed by atoms with E-state index in [1.165, 1.54) is 11.1 Å². The molecule has 2 aliphatic rings. The van der Waals surface area contributed by atoms with Gasteiger partial charge in [-0.15, -0.1) is 0 Å². The predicted molar refractivity (Wildman–Crippen MR) is 124 cm³/mol. The number of aryl methyl sites for hydroxylation is 1. The Hall–Kier alpha value is -1.96. The molecule has 2 amide bonds. The smallest absolute Gasteiger partial charge is 0.236 e. The van der Waals surface area contributed by atoms with Gasteiger partial charge in [-0.05, 0) is 18.4 Å². The number of piperazine rings is 2. The van der Waals surface area contributed by atoms with Crippen LogP contribution in [0.5, 0.6) is 0 Å². The quantitative estimate of drug-likeness (QED) is 0.669. The van der Waals surface area contributed by atoms with E-state index in [9.17, 15) is 9.59 Å². The number of benzene rings is 1. The Labute approximate surface area is 187 Å². The van der Waals surface area contributed by atoms with E-state index in [1.807, 2.05) is 4.90 Å². The summed E-state index contributed by atoms with van der Waals surface area (Å²) in [5.41, 5.74) is 2.64. The first-order chi connectivity index (χ1) is 14.9. The number of carbonyl (C=O) groups excluding carboxylic acids is 2. The van der Waals surface area contributed by atoms with Crippen molar-refractivity contribution in [1.29, 1.82) is 0 Å². The van der Waals surface area contributed by atoms with Crippen molar-refractivity contribution in [2.24, 2.45) is 5.92 Å². The van der Waals surface area contributed by atoms with Crippen molar-refractivity contribution in [1.82, 2.24) is 24.9 Å². The zero-order chi connectivity index (χ0) is 22.2.